The van der Waals surface area contributed by atoms with Crippen molar-refractivity contribution in [2.45, 2.75) is 30.7 Å². The van der Waals surface area contributed by atoms with Crippen LogP contribution in [0.1, 0.15) is 23.4 Å². The van der Waals surface area contributed by atoms with Crippen molar-refractivity contribution in [1.82, 2.24) is 4.98 Å². The van der Waals surface area contributed by atoms with Gasteiger partial charge in [0.05, 0.1) is 22.3 Å². The average molecular weight is 331 g/mol. The van der Waals surface area contributed by atoms with Crippen LogP contribution in [-0.2, 0) is 11.8 Å². The van der Waals surface area contributed by atoms with Crippen molar-refractivity contribution in [3.63, 3.8) is 0 Å². The highest BCUT2D eigenvalue weighted by molar-refractivity contribution is 7.18. The maximum Gasteiger partial charge on any atom is 0.133 e. The van der Waals surface area contributed by atoms with Gasteiger partial charge in [-0.05, 0) is 36.6 Å². The van der Waals surface area contributed by atoms with Crippen LogP contribution < -0.4 is 4.90 Å². The Morgan fingerprint density at radius 3 is 2.88 bits per heavy atom. The van der Waals surface area contributed by atoms with Crippen molar-refractivity contribution in [1.29, 1.82) is 5.26 Å². The summed E-state index contributed by atoms with van der Waals surface area (Å²) >= 11 is 1.69. The molecular formula is C20H17N3S. The first-order valence-electron chi connectivity index (χ1n) is 8.44. The molecule has 0 saturated carbocycles. The lowest BCUT2D eigenvalue weighted by molar-refractivity contribution is 0.409. The molecule has 1 saturated heterocycles. The largest absolute Gasteiger partial charge is 0.366 e. The summed E-state index contributed by atoms with van der Waals surface area (Å²) in [6.45, 7) is 1.04. The van der Waals surface area contributed by atoms with Gasteiger partial charge in [0.1, 0.15) is 10.4 Å². The Balaban J connectivity index is 1.73. The molecule has 3 aromatic rings. The molecule has 24 heavy (non-hydrogen) atoms. The lowest BCUT2D eigenvalue weighted by Crippen LogP contribution is -2.51. The van der Waals surface area contributed by atoms with Crippen molar-refractivity contribution in [3.05, 3.63) is 59.1 Å². The maximum absolute atomic E-state index is 10.3. The summed E-state index contributed by atoms with van der Waals surface area (Å²) < 4.78 is 1.17. The van der Waals surface area contributed by atoms with Gasteiger partial charge < -0.3 is 4.90 Å². The van der Waals surface area contributed by atoms with Gasteiger partial charge in [0.25, 0.3) is 0 Å². The quantitative estimate of drug-likeness (QED) is 0.668. The normalized spacial score (nSPS) is 25.3. The molecule has 118 valence electrons. The van der Waals surface area contributed by atoms with Crippen LogP contribution in [0.5, 0.6) is 0 Å². The molecule has 3 nitrogen and oxygen atoms in total. The van der Waals surface area contributed by atoms with E-state index in [2.05, 4.69) is 41.3 Å². The first-order valence-corrected chi connectivity index (χ1v) is 9.25. The van der Waals surface area contributed by atoms with Crippen molar-refractivity contribution in [2.75, 3.05) is 11.4 Å². The molecule has 1 fully saturated rings. The molecule has 0 unspecified atom stereocenters. The second-order valence-electron chi connectivity index (χ2n) is 6.73. The molecule has 3 heterocycles. The van der Waals surface area contributed by atoms with E-state index in [0.29, 0.717) is 0 Å². The van der Waals surface area contributed by atoms with E-state index in [4.69, 9.17) is 4.98 Å². The fraction of sp³-hybridized carbons (Fsp3) is 0.300. The summed E-state index contributed by atoms with van der Waals surface area (Å²) in [5.74, 6) is 0. The molecule has 2 aliphatic rings. The fourth-order valence-electron chi connectivity index (χ4n) is 4.37. The Kier molecular flexibility index (Phi) is 2.95. The van der Waals surface area contributed by atoms with Crippen LogP contribution in [0.3, 0.4) is 0 Å². The zero-order chi connectivity index (χ0) is 16.1. The third-order valence-electron chi connectivity index (χ3n) is 5.47. The number of thiazole rings is 1. The molecule has 0 amide bonds. The van der Waals surface area contributed by atoms with E-state index in [1.807, 2.05) is 18.2 Å². The Hall–Kier alpha value is -2.38. The van der Waals surface area contributed by atoms with Gasteiger partial charge in [-0.1, -0.05) is 30.3 Å². The molecule has 2 atom stereocenters. The molecular weight excluding hydrogens is 314 g/mol. The topological polar surface area (TPSA) is 39.9 Å². The van der Waals surface area contributed by atoms with Crippen LogP contribution in [0, 0.1) is 11.3 Å². The van der Waals surface area contributed by atoms with Crippen LogP contribution in [0.15, 0.2) is 48.5 Å². The molecule has 5 rings (SSSR count). The van der Waals surface area contributed by atoms with Gasteiger partial charge in [0.2, 0.25) is 0 Å². The van der Waals surface area contributed by atoms with E-state index in [1.54, 1.807) is 11.3 Å². The Morgan fingerprint density at radius 1 is 1.17 bits per heavy atom. The average Bonchev–Trinajstić information content (AvgIpc) is 3.28. The third-order valence-corrected chi connectivity index (χ3v) is 6.68. The Morgan fingerprint density at radius 2 is 2.00 bits per heavy atom. The van der Waals surface area contributed by atoms with Gasteiger partial charge >= 0.3 is 0 Å². The third kappa shape index (κ3) is 1.79. The smallest absolute Gasteiger partial charge is 0.133 e. The van der Waals surface area contributed by atoms with Crippen LogP contribution >= 0.6 is 11.3 Å². The summed E-state index contributed by atoms with van der Waals surface area (Å²) in [6.07, 6.45) is 2.98. The molecule has 0 aliphatic carbocycles. The van der Waals surface area contributed by atoms with Gasteiger partial charge in [-0.15, -0.1) is 11.3 Å². The van der Waals surface area contributed by atoms with Gasteiger partial charge in [0, 0.05) is 18.7 Å². The van der Waals surface area contributed by atoms with E-state index in [0.717, 1.165) is 36.3 Å². The standard InChI is InChI=1S/C20H17N3S/c21-13-20(19-22-15-7-2-4-9-17(15)24-19)12-14-6-1-3-8-16(14)23-11-5-10-18(20)23/h1-4,6-9,18H,5,10-12H2/t18-,20+/m1/s1. The van der Waals surface area contributed by atoms with E-state index < -0.39 is 5.41 Å². The summed E-state index contributed by atoms with van der Waals surface area (Å²) in [5.41, 5.74) is 3.06. The molecule has 2 aromatic carbocycles. The van der Waals surface area contributed by atoms with Gasteiger partial charge in [-0.25, -0.2) is 4.98 Å². The lowest BCUT2D eigenvalue weighted by Gasteiger charge is -2.43. The monoisotopic (exact) mass is 331 g/mol. The summed E-state index contributed by atoms with van der Waals surface area (Å²) in [6, 6.07) is 19.7. The summed E-state index contributed by atoms with van der Waals surface area (Å²) in [4.78, 5) is 7.33. The van der Waals surface area contributed by atoms with Gasteiger partial charge in [-0.2, -0.15) is 5.26 Å². The SMILES string of the molecule is N#C[C@@]1(c2nc3ccccc3s2)Cc2ccccc2N2CCC[C@@H]21. The van der Waals surface area contributed by atoms with E-state index in [9.17, 15) is 5.26 Å². The second kappa shape index (κ2) is 5.06. The fourth-order valence-corrected chi connectivity index (χ4v) is 5.52. The predicted molar refractivity (Wildman–Crippen MR) is 97.4 cm³/mol. The number of fused-ring (bicyclic) bond motifs is 4. The number of aromatic nitrogens is 1. The predicted octanol–water partition coefficient (Wildman–Crippen LogP) is 4.28. The van der Waals surface area contributed by atoms with Crippen molar-refractivity contribution in [3.8, 4) is 6.07 Å². The van der Waals surface area contributed by atoms with E-state index in [1.165, 1.54) is 16.0 Å². The molecule has 1 aromatic heterocycles. The molecule has 2 aliphatic heterocycles. The van der Waals surface area contributed by atoms with Crippen LogP contribution in [0.25, 0.3) is 10.2 Å². The van der Waals surface area contributed by atoms with Crippen LogP contribution in [0.2, 0.25) is 0 Å². The summed E-state index contributed by atoms with van der Waals surface area (Å²) in [5, 5.41) is 11.3. The van der Waals surface area contributed by atoms with E-state index >= 15 is 0 Å². The highest BCUT2D eigenvalue weighted by atomic mass is 32.1. The maximum atomic E-state index is 10.3. The number of rotatable bonds is 1. The minimum atomic E-state index is -0.533. The number of nitriles is 1. The highest BCUT2D eigenvalue weighted by Gasteiger charge is 2.51. The Labute approximate surface area is 145 Å². The van der Waals surface area contributed by atoms with Gasteiger partial charge in [0.15, 0.2) is 0 Å². The first kappa shape index (κ1) is 14.0. The Bertz CT molecular complexity index is 937. The lowest BCUT2D eigenvalue weighted by atomic mass is 9.72. The number of para-hydroxylation sites is 2. The van der Waals surface area contributed by atoms with E-state index in [-0.39, 0.29) is 6.04 Å². The highest BCUT2D eigenvalue weighted by Crippen LogP contribution is 2.48. The zero-order valence-electron chi connectivity index (χ0n) is 13.3. The number of hydrogen-bond acceptors (Lipinski definition) is 4. The first-order chi connectivity index (χ1) is 11.8. The van der Waals surface area contributed by atoms with Crippen molar-refractivity contribution < 1.29 is 0 Å². The summed E-state index contributed by atoms with van der Waals surface area (Å²) in [7, 11) is 0. The van der Waals surface area contributed by atoms with Gasteiger partial charge in [-0.3, -0.25) is 0 Å². The number of nitrogens with zero attached hydrogens (tertiary/aromatic N) is 3. The molecule has 4 heteroatoms. The molecule has 0 spiro atoms. The molecule has 0 radical (unpaired) electrons. The van der Waals surface area contributed by atoms with Crippen LogP contribution in [0.4, 0.5) is 5.69 Å². The molecule has 0 N–H and O–H groups in total. The van der Waals surface area contributed by atoms with Crippen molar-refractivity contribution in [2.24, 2.45) is 0 Å². The molecule has 0 bridgehead atoms. The number of anilines is 1. The second-order valence-corrected chi connectivity index (χ2v) is 7.76. The zero-order valence-corrected chi connectivity index (χ0v) is 14.1. The minimum absolute atomic E-state index is 0.234. The van der Waals surface area contributed by atoms with Crippen molar-refractivity contribution >= 4 is 27.2 Å². The number of hydrogen-bond donors (Lipinski definition) is 0. The minimum Gasteiger partial charge on any atom is -0.366 e. The number of benzene rings is 2. The van der Waals surface area contributed by atoms with Crippen LogP contribution in [-0.4, -0.2) is 17.6 Å².